The molecule has 0 aliphatic rings. The maximum Gasteiger partial charge on any atom is 0.144 e. The fourth-order valence-corrected chi connectivity index (χ4v) is 1.99. The van der Waals surface area contributed by atoms with Gasteiger partial charge in [-0.05, 0) is 12.8 Å². The molecule has 0 fully saturated rings. The van der Waals surface area contributed by atoms with Crippen LogP contribution < -0.4 is 5.01 Å². The molecule has 0 spiro atoms. The molecule has 0 bridgehead atoms. The normalized spacial score (nSPS) is 11.6. The van der Waals surface area contributed by atoms with E-state index in [1.807, 2.05) is 0 Å². The molecule has 2 heteroatoms. The first-order chi connectivity index (χ1) is 7.79. The van der Waals surface area contributed by atoms with Crippen LogP contribution in [0.5, 0.6) is 0 Å². The van der Waals surface area contributed by atoms with Crippen molar-refractivity contribution in [3.8, 4) is 0 Å². The smallest absolute Gasteiger partial charge is 0.106 e. The minimum atomic E-state index is 1.22. The van der Waals surface area contributed by atoms with E-state index in [0.717, 1.165) is 0 Å². The first kappa shape index (κ1) is 15.9. The van der Waals surface area contributed by atoms with E-state index in [1.54, 1.807) is 0 Å². The summed E-state index contributed by atoms with van der Waals surface area (Å²) in [5.74, 6) is 0. The summed E-state index contributed by atoms with van der Waals surface area (Å²) >= 11 is 0. The van der Waals surface area contributed by atoms with E-state index in [9.17, 15) is 0 Å². The zero-order valence-electron chi connectivity index (χ0n) is 12.0. The minimum absolute atomic E-state index is 1.22. The summed E-state index contributed by atoms with van der Waals surface area (Å²) in [7, 11) is 0. The maximum absolute atomic E-state index is 2.60. The summed E-state index contributed by atoms with van der Waals surface area (Å²) in [5.41, 5.74) is 0. The third-order valence-electron chi connectivity index (χ3n) is 2.90. The molecule has 0 saturated carbocycles. The Kier molecular flexibility index (Phi) is 11.3. The van der Waals surface area contributed by atoms with Crippen LogP contribution in [0.3, 0.4) is 0 Å². The van der Waals surface area contributed by atoms with Crippen LogP contribution in [-0.4, -0.2) is 31.2 Å². The van der Waals surface area contributed by atoms with Crippen molar-refractivity contribution in [2.75, 3.05) is 26.2 Å². The third kappa shape index (κ3) is 7.24. The number of hydrogen-bond donors (Lipinski definition) is 0. The summed E-state index contributed by atoms with van der Waals surface area (Å²) in [6, 6.07) is 0. The van der Waals surface area contributed by atoms with E-state index in [0.29, 0.717) is 0 Å². The summed E-state index contributed by atoms with van der Waals surface area (Å²) in [6.45, 7) is 14.1. The molecule has 1 radical (unpaired) electrons. The number of nitrogens with zero attached hydrogens (tertiary/aromatic N) is 2. The molecule has 2 nitrogen and oxygen atoms in total. The van der Waals surface area contributed by atoms with Crippen molar-refractivity contribution in [2.45, 2.75) is 66.2 Å². The topological polar surface area (TPSA) is 9.14 Å². The highest BCUT2D eigenvalue weighted by molar-refractivity contribution is 4.63. The molecule has 0 amide bonds. The minimum Gasteiger partial charge on any atom is -0.106 e. The lowest BCUT2D eigenvalue weighted by Gasteiger charge is -2.24. The summed E-state index contributed by atoms with van der Waals surface area (Å²) < 4.78 is 0. The van der Waals surface area contributed by atoms with Gasteiger partial charge in [-0.3, -0.25) is 0 Å². The molecular formula is C14H32N2+. The van der Waals surface area contributed by atoms with E-state index >= 15 is 0 Å². The quantitative estimate of drug-likeness (QED) is 0.386. The van der Waals surface area contributed by atoms with Crippen LogP contribution in [0.1, 0.15) is 66.2 Å². The maximum atomic E-state index is 2.60. The largest absolute Gasteiger partial charge is 0.144 e. The fraction of sp³-hybridized carbons (Fsp3) is 1.00. The highest BCUT2D eigenvalue weighted by atomic mass is 15.6. The van der Waals surface area contributed by atoms with E-state index in [1.165, 1.54) is 64.7 Å². The van der Waals surface area contributed by atoms with Crippen LogP contribution in [0.4, 0.5) is 0 Å². The van der Waals surface area contributed by atoms with Gasteiger partial charge in [0.2, 0.25) is 0 Å². The number of rotatable bonds is 11. The average molecular weight is 228 g/mol. The monoisotopic (exact) mass is 228 g/mol. The Morgan fingerprint density at radius 2 is 1.12 bits per heavy atom. The Morgan fingerprint density at radius 1 is 0.688 bits per heavy atom. The summed E-state index contributed by atoms with van der Waals surface area (Å²) in [4.78, 5) is 0. The highest BCUT2D eigenvalue weighted by Gasteiger charge is 2.22. The zero-order valence-corrected chi connectivity index (χ0v) is 12.0. The molecule has 0 aromatic heterocycles. The molecule has 0 saturated heterocycles. The van der Waals surface area contributed by atoms with Crippen molar-refractivity contribution in [1.29, 1.82) is 0 Å². The Bertz CT molecular complexity index is 123. The molecule has 16 heavy (non-hydrogen) atoms. The number of unbranched alkanes of at least 4 members (excludes halogenated alkanes) is 2. The standard InChI is InChI=1S/C14H32N2/c1-5-9-13-16(14-10-6-2)15(11-7-3)12-8-4/h5-14H2,1-4H3/q+1. The lowest BCUT2D eigenvalue weighted by atomic mass is 10.3. The highest BCUT2D eigenvalue weighted by Crippen LogP contribution is 2.03. The van der Waals surface area contributed by atoms with Gasteiger partial charge in [0.25, 0.3) is 0 Å². The Labute approximate surface area is 103 Å². The molecule has 0 aliphatic heterocycles. The molecule has 0 N–H and O–H groups in total. The van der Waals surface area contributed by atoms with Crippen LogP contribution in [0.15, 0.2) is 0 Å². The molecule has 97 valence electrons. The molecule has 0 unspecified atom stereocenters. The Balaban J connectivity index is 4.15. The van der Waals surface area contributed by atoms with Gasteiger partial charge in [-0.25, -0.2) is 0 Å². The van der Waals surface area contributed by atoms with Gasteiger partial charge in [-0.1, -0.05) is 45.5 Å². The van der Waals surface area contributed by atoms with Gasteiger partial charge < -0.3 is 0 Å². The van der Waals surface area contributed by atoms with Crippen molar-refractivity contribution >= 4 is 0 Å². The van der Waals surface area contributed by atoms with Gasteiger partial charge in [0.05, 0.1) is 13.1 Å². The molecular weight excluding hydrogens is 196 g/mol. The van der Waals surface area contributed by atoms with Gasteiger partial charge in [-0.2, -0.15) is 0 Å². The van der Waals surface area contributed by atoms with Gasteiger partial charge in [-0.15, -0.1) is 5.01 Å². The van der Waals surface area contributed by atoms with E-state index in [2.05, 4.69) is 37.7 Å². The lowest BCUT2D eigenvalue weighted by molar-refractivity contribution is 0.0634. The van der Waals surface area contributed by atoms with Crippen LogP contribution in [0, 0.1) is 0 Å². The van der Waals surface area contributed by atoms with E-state index in [4.69, 9.17) is 0 Å². The molecule has 0 rings (SSSR count). The van der Waals surface area contributed by atoms with Crippen molar-refractivity contribution in [1.82, 2.24) is 10.0 Å². The summed E-state index contributed by atoms with van der Waals surface area (Å²) in [5, 5.41) is 5.17. The number of hydrogen-bond acceptors (Lipinski definition) is 2. The number of hydrazine groups is 1. The second-order valence-corrected chi connectivity index (χ2v) is 4.61. The van der Waals surface area contributed by atoms with Crippen LogP contribution in [0.2, 0.25) is 0 Å². The second kappa shape index (κ2) is 11.4. The SMILES string of the molecule is CCCC[N+](CCCC)N(CCC)CCC. The van der Waals surface area contributed by atoms with Gasteiger partial charge in [0, 0.05) is 12.8 Å². The third-order valence-corrected chi connectivity index (χ3v) is 2.90. The predicted molar refractivity (Wildman–Crippen MR) is 73.8 cm³/mol. The van der Waals surface area contributed by atoms with Crippen molar-refractivity contribution in [3.63, 3.8) is 0 Å². The van der Waals surface area contributed by atoms with E-state index < -0.39 is 0 Å². The Morgan fingerprint density at radius 3 is 1.44 bits per heavy atom. The molecule has 0 aliphatic carbocycles. The van der Waals surface area contributed by atoms with Crippen LogP contribution in [0.25, 0.3) is 0 Å². The second-order valence-electron chi connectivity index (χ2n) is 4.61. The summed E-state index contributed by atoms with van der Waals surface area (Å²) in [6.07, 6.45) is 7.77. The van der Waals surface area contributed by atoms with Crippen molar-refractivity contribution in [2.24, 2.45) is 0 Å². The fourth-order valence-electron chi connectivity index (χ4n) is 1.99. The average Bonchev–Trinajstić information content (AvgIpc) is 2.29. The van der Waals surface area contributed by atoms with Crippen molar-refractivity contribution < 1.29 is 0 Å². The first-order valence-corrected chi connectivity index (χ1v) is 7.29. The lowest BCUT2D eigenvalue weighted by Crippen LogP contribution is -2.49. The Hall–Kier alpha value is -0.0800. The van der Waals surface area contributed by atoms with Crippen molar-refractivity contribution in [3.05, 3.63) is 0 Å². The van der Waals surface area contributed by atoms with Gasteiger partial charge >= 0.3 is 0 Å². The van der Waals surface area contributed by atoms with Crippen LogP contribution >= 0.6 is 0 Å². The molecule has 0 heterocycles. The predicted octanol–water partition coefficient (Wildman–Crippen LogP) is 3.76. The van der Waals surface area contributed by atoms with Gasteiger partial charge in [0.1, 0.15) is 13.1 Å². The molecule has 0 aromatic rings. The molecule has 0 atom stereocenters. The zero-order chi connectivity index (χ0) is 12.2. The van der Waals surface area contributed by atoms with Crippen LogP contribution in [-0.2, 0) is 0 Å². The van der Waals surface area contributed by atoms with E-state index in [-0.39, 0.29) is 0 Å². The molecule has 0 aromatic carbocycles. The first-order valence-electron chi connectivity index (χ1n) is 7.29. The van der Waals surface area contributed by atoms with Gasteiger partial charge in [0.15, 0.2) is 0 Å².